The number of benzene rings is 2. The molecule has 0 saturated heterocycles. The highest BCUT2D eigenvalue weighted by Gasteiger charge is 2.21. The van der Waals surface area contributed by atoms with Gasteiger partial charge in [0.2, 0.25) is 0 Å². The van der Waals surface area contributed by atoms with Crippen LogP contribution in [0.15, 0.2) is 47.4 Å². The molecule has 2 aromatic rings. The number of anilines is 1. The smallest absolute Gasteiger partial charge is 0.264 e. The summed E-state index contributed by atoms with van der Waals surface area (Å²) < 4.78 is 31.8. The molecule has 0 spiro atoms. The van der Waals surface area contributed by atoms with Crippen LogP contribution in [0.5, 0.6) is 5.75 Å². The van der Waals surface area contributed by atoms with Gasteiger partial charge in [0.15, 0.2) is 6.61 Å². The number of hydrogen-bond donors (Lipinski definition) is 1. The molecule has 0 heterocycles. The number of hydrogen-bond acceptors (Lipinski definition) is 4. The molecule has 24 heavy (non-hydrogen) atoms. The number of primary amides is 1. The summed E-state index contributed by atoms with van der Waals surface area (Å²) in [5.74, 6) is -0.136. The van der Waals surface area contributed by atoms with Crippen molar-refractivity contribution in [2.45, 2.75) is 18.7 Å². The van der Waals surface area contributed by atoms with Gasteiger partial charge in [0.05, 0.1) is 10.6 Å². The normalized spacial score (nSPS) is 11.1. The highest BCUT2D eigenvalue weighted by Crippen LogP contribution is 2.25. The minimum Gasteiger partial charge on any atom is -0.484 e. The van der Waals surface area contributed by atoms with Crippen LogP contribution in [0.1, 0.15) is 11.1 Å². The van der Waals surface area contributed by atoms with Crippen molar-refractivity contribution in [1.29, 1.82) is 0 Å². The van der Waals surface area contributed by atoms with E-state index in [0.717, 1.165) is 11.1 Å². The number of rotatable bonds is 6. The molecule has 0 aromatic heterocycles. The van der Waals surface area contributed by atoms with Gasteiger partial charge in [0.25, 0.3) is 15.9 Å². The van der Waals surface area contributed by atoms with Crippen molar-refractivity contribution >= 4 is 21.6 Å². The van der Waals surface area contributed by atoms with Crippen LogP contribution in [-0.4, -0.2) is 28.0 Å². The van der Waals surface area contributed by atoms with Gasteiger partial charge in [-0.05, 0) is 61.4 Å². The molecule has 2 N–H and O–H groups in total. The molecule has 0 aliphatic rings. The van der Waals surface area contributed by atoms with Crippen molar-refractivity contribution in [3.8, 4) is 5.75 Å². The molecule has 0 aliphatic carbocycles. The Kier molecular flexibility index (Phi) is 5.14. The maximum atomic E-state index is 12.7. The van der Waals surface area contributed by atoms with Crippen molar-refractivity contribution in [2.24, 2.45) is 5.73 Å². The lowest BCUT2D eigenvalue weighted by molar-refractivity contribution is -0.119. The van der Waals surface area contributed by atoms with Gasteiger partial charge in [-0.1, -0.05) is 6.07 Å². The zero-order chi connectivity index (χ0) is 17.9. The molecule has 0 atom stereocenters. The first-order chi connectivity index (χ1) is 11.2. The largest absolute Gasteiger partial charge is 0.484 e. The summed E-state index contributed by atoms with van der Waals surface area (Å²) in [6.07, 6.45) is 0. The average Bonchev–Trinajstić information content (AvgIpc) is 2.55. The molecule has 2 rings (SSSR count). The van der Waals surface area contributed by atoms with Crippen molar-refractivity contribution in [1.82, 2.24) is 0 Å². The summed E-state index contributed by atoms with van der Waals surface area (Å²) in [5.41, 5.74) is 7.45. The fourth-order valence-corrected chi connectivity index (χ4v) is 3.36. The molecular formula is C17H20N2O4S. The summed E-state index contributed by atoms with van der Waals surface area (Å²) in [6, 6.07) is 11.4. The fourth-order valence-electron chi connectivity index (χ4n) is 2.08. The van der Waals surface area contributed by atoms with E-state index < -0.39 is 15.9 Å². The predicted octanol–water partition coefficient (Wildman–Crippen LogP) is 1.99. The predicted molar refractivity (Wildman–Crippen MR) is 92.6 cm³/mol. The molecule has 1 amide bonds. The van der Waals surface area contributed by atoms with Gasteiger partial charge in [-0.15, -0.1) is 0 Å². The molecule has 0 aliphatic heterocycles. The average molecular weight is 348 g/mol. The van der Waals surface area contributed by atoms with Gasteiger partial charge in [0.1, 0.15) is 5.75 Å². The Hall–Kier alpha value is -2.54. The van der Waals surface area contributed by atoms with E-state index in [4.69, 9.17) is 10.5 Å². The van der Waals surface area contributed by atoms with Gasteiger partial charge in [-0.3, -0.25) is 9.10 Å². The summed E-state index contributed by atoms with van der Waals surface area (Å²) >= 11 is 0. The Morgan fingerprint density at radius 3 is 2.25 bits per heavy atom. The first kappa shape index (κ1) is 17.8. The van der Waals surface area contributed by atoms with Crippen molar-refractivity contribution in [2.75, 3.05) is 18.0 Å². The van der Waals surface area contributed by atoms with Crippen LogP contribution in [0.3, 0.4) is 0 Å². The molecule has 128 valence electrons. The number of nitrogens with two attached hydrogens (primary N) is 1. The van der Waals surface area contributed by atoms with Crippen LogP contribution in [0.2, 0.25) is 0 Å². The Balaban J connectivity index is 2.24. The van der Waals surface area contributed by atoms with E-state index in [2.05, 4.69) is 0 Å². The Labute approximate surface area is 141 Å². The zero-order valence-corrected chi connectivity index (χ0v) is 14.6. The summed E-state index contributed by atoms with van der Waals surface area (Å²) in [7, 11) is -2.16. The number of carbonyl (C=O) groups excluding carboxylic acids is 1. The van der Waals surface area contributed by atoms with Crippen LogP contribution in [0.25, 0.3) is 0 Å². The third-order valence-electron chi connectivity index (χ3n) is 3.72. The lowest BCUT2D eigenvalue weighted by Gasteiger charge is -2.20. The molecule has 0 fully saturated rings. The molecule has 2 aromatic carbocycles. The Morgan fingerprint density at radius 1 is 1.08 bits per heavy atom. The molecule has 7 heteroatoms. The monoisotopic (exact) mass is 348 g/mol. The van der Waals surface area contributed by atoms with Crippen molar-refractivity contribution < 1.29 is 17.9 Å². The number of carbonyl (C=O) groups is 1. The van der Waals surface area contributed by atoms with Crippen LogP contribution in [0.4, 0.5) is 5.69 Å². The first-order valence-electron chi connectivity index (χ1n) is 7.29. The third-order valence-corrected chi connectivity index (χ3v) is 5.50. The lowest BCUT2D eigenvalue weighted by Crippen LogP contribution is -2.26. The van der Waals surface area contributed by atoms with E-state index in [1.807, 2.05) is 13.8 Å². The number of amides is 1. The van der Waals surface area contributed by atoms with E-state index in [9.17, 15) is 13.2 Å². The highest BCUT2D eigenvalue weighted by molar-refractivity contribution is 7.92. The molecular weight excluding hydrogens is 328 g/mol. The molecule has 0 radical (unpaired) electrons. The topological polar surface area (TPSA) is 89.7 Å². The van der Waals surface area contributed by atoms with E-state index in [-0.39, 0.29) is 11.5 Å². The molecule has 0 unspecified atom stereocenters. The number of ether oxygens (including phenoxy) is 1. The summed E-state index contributed by atoms with van der Waals surface area (Å²) in [4.78, 5) is 10.9. The highest BCUT2D eigenvalue weighted by atomic mass is 32.2. The number of aryl methyl sites for hydroxylation is 2. The van der Waals surface area contributed by atoms with Gasteiger partial charge in [-0.2, -0.15) is 0 Å². The second kappa shape index (κ2) is 6.92. The minimum atomic E-state index is -3.65. The van der Waals surface area contributed by atoms with E-state index in [0.29, 0.717) is 11.4 Å². The second-order valence-corrected chi connectivity index (χ2v) is 7.44. The van der Waals surface area contributed by atoms with Crippen LogP contribution in [-0.2, 0) is 14.8 Å². The third kappa shape index (κ3) is 3.86. The fraction of sp³-hybridized carbons (Fsp3) is 0.235. The quantitative estimate of drug-likeness (QED) is 0.864. The molecule has 0 bridgehead atoms. The Morgan fingerprint density at radius 2 is 1.71 bits per heavy atom. The summed E-state index contributed by atoms with van der Waals surface area (Å²) in [5, 5.41) is 0. The van der Waals surface area contributed by atoms with E-state index in [1.165, 1.54) is 11.4 Å². The second-order valence-electron chi connectivity index (χ2n) is 5.47. The van der Waals surface area contributed by atoms with Crippen LogP contribution >= 0.6 is 0 Å². The zero-order valence-electron chi connectivity index (χ0n) is 13.8. The number of nitrogens with zero attached hydrogens (tertiary/aromatic N) is 1. The molecule has 6 nitrogen and oxygen atoms in total. The minimum absolute atomic E-state index is 0.226. The number of sulfonamides is 1. The maximum absolute atomic E-state index is 12.7. The first-order valence-corrected chi connectivity index (χ1v) is 8.73. The van der Waals surface area contributed by atoms with E-state index >= 15 is 0 Å². The van der Waals surface area contributed by atoms with Crippen molar-refractivity contribution in [3.63, 3.8) is 0 Å². The lowest BCUT2D eigenvalue weighted by atomic mass is 10.1. The van der Waals surface area contributed by atoms with Gasteiger partial charge < -0.3 is 10.5 Å². The maximum Gasteiger partial charge on any atom is 0.264 e. The van der Waals surface area contributed by atoms with Gasteiger partial charge in [-0.25, -0.2) is 8.42 Å². The summed E-state index contributed by atoms with van der Waals surface area (Å²) in [6.45, 7) is 3.58. The molecule has 0 saturated carbocycles. The van der Waals surface area contributed by atoms with Crippen molar-refractivity contribution in [3.05, 3.63) is 53.6 Å². The van der Waals surface area contributed by atoms with E-state index in [1.54, 1.807) is 42.5 Å². The van der Waals surface area contributed by atoms with Crippen LogP contribution in [0, 0.1) is 13.8 Å². The Bertz CT molecular complexity index is 845. The van der Waals surface area contributed by atoms with Gasteiger partial charge >= 0.3 is 0 Å². The SMILES string of the molecule is Cc1ccc(S(=O)(=O)N(C)c2ccc(OCC(N)=O)cc2)cc1C. The van der Waals surface area contributed by atoms with Crippen LogP contribution < -0.4 is 14.8 Å². The van der Waals surface area contributed by atoms with Gasteiger partial charge in [0, 0.05) is 7.05 Å². The standard InChI is InChI=1S/C17H20N2O4S/c1-12-4-9-16(10-13(12)2)24(21,22)19(3)14-5-7-15(8-6-14)23-11-17(18)20/h4-10H,11H2,1-3H3,(H2,18,20).